The van der Waals surface area contributed by atoms with Crippen molar-refractivity contribution in [1.29, 1.82) is 0 Å². The Balaban J connectivity index is 1.66. The minimum absolute atomic E-state index is 0.0390. The zero-order chi connectivity index (χ0) is 21.4. The number of anilines is 1. The first-order valence-corrected chi connectivity index (χ1v) is 10.9. The number of nitrogens with one attached hydrogen (secondary N) is 2. The molecule has 1 aliphatic carbocycles. The molecular formula is C21H29FN2O4S. The van der Waals surface area contributed by atoms with E-state index in [0.717, 1.165) is 24.6 Å². The Bertz CT molecular complexity index is 713. The Kier molecular flexibility index (Phi) is 8.95. The van der Waals surface area contributed by atoms with E-state index in [0.29, 0.717) is 17.5 Å². The van der Waals surface area contributed by atoms with Crippen molar-refractivity contribution in [2.24, 2.45) is 11.8 Å². The highest BCUT2D eigenvalue weighted by molar-refractivity contribution is 8.01. The summed E-state index contributed by atoms with van der Waals surface area (Å²) in [5.41, 5.74) is 0.482. The molecule has 1 fully saturated rings. The number of esters is 1. The molecule has 8 heteroatoms. The number of thioether (sulfide) groups is 1. The third-order valence-corrected chi connectivity index (χ3v) is 6.44. The third kappa shape index (κ3) is 7.68. The van der Waals surface area contributed by atoms with Crippen LogP contribution in [0.5, 0.6) is 0 Å². The fourth-order valence-corrected chi connectivity index (χ4v) is 3.96. The molecule has 4 atom stereocenters. The van der Waals surface area contributed by atoms with E-state index in [9.17, 15) is 18.8 Å². The molecule has 0 spiro atoms. The van der Waals surface area contributed by atoms with Crippen molar-refractivity contribution in [3.63, 3.8) is 0 Å². The maximum absolute atomic E-state index is 12.9. The van der Waals surface area contributed by atoms with Gasteiger partial charge in [-0.05, 0) is 49.4 Å². The second-order valence-electron chi connectivity index (χ2n) is 7.56. The maximum atomic E-state index is 12.9. The number of amides is 2. The van der Waals surface area contributed by atoms with Crippen LogP contribution in [0.1, 0.15) is 40.0 Å². The quantitative estimate of drug-likeness (QED) is 0.625. The van der Waals surface area contributed by atoms with Gasteiger partial charge in [0.15, 0.2) is 6.61 Å². The van der Waals surface area contributed by atoms with Crippen LogP contribution >= 0.6 is 11.8 Å². The molecule has 2 N–H and O–H groups in total. The molecule has 0 aromatic heterocycles. The van der Waals surface area contributed by atoms with Crippen molar-refractivity contribution in [2.45, 2.75) is 51.3 Å². The minimum Gasteiger partial charge on any atom is -0.455 e. The molecule has 1 aromatic rings. The highest BCUT2D eigenvalue weighted by atomic mass is 32.2. The van der Waals surface area contributed by atoms with Crippen LogP contribution in [0, 0.1) is 17.7 Å². The van der Waals surface area contributed by atoms with Crippen molar-refractivity contribution in [2.75, 3.05) is 17.7 Å². The highest BCUT2D eigenvalue weighted by Crippen LogP contribution is 2.29. The van der Waals surface area contributed by atoms with Crippen LogP contribution in [-0.2, 0) is 19.1 Å². The second kappa shape index (κ2) is 11.2. The highest BCUT2D eigenvalue weighted by Gasteiger charge is 2.28. The smallest absolute Gasteiger partial charge is 0.319 e. The van der Waals surface area contributed by atoms with E-state index in [1.807, 2.05) is 0 Å². The Morgan fingerprint density at radius 3 is 2.55 bits per heavy atom. The topological polar surface area (TPSA) is 84.5 Å². The van der Waals surface area contributed by atoms with Gasteiger partial charge in [0, 0.05) is 11.7 Å². The number of carbonyl (C=O) groups excluding carboxylic acids is 3. The zero-order valence-corrected chi connectivity index (χ0v) is 17.9. The molecule has 1 saturated carbocycles. The average Bonchev–Trinajstić information content (AvgIpc) is 2.69. The predicted octanol–water partition coefficient (Wildman–Crippen LogP) is 3.37. The van der Waals surface area contributed by atoms with Crippen LogP contribution in [0.3, 0.4) is 0 Å². The summed E-state index contributed by atoms with van der Waals surface area (Å²) < 4.78 is 18.0. The minimum atomic E-state index is -0.588. The normalized spacial score (nSPS) is 22.4. The standard InChI is InChI=1S/C21H29FN2O4S/c1-13-5-4-6-18(14(13)2)24-19(25)11-28-21(27)15(3)29-12-20(26)23-17-9-7-16(22)8-10-17/h7-10,13-15,18H,4-6,11-12H2,1-3H3,(H,23,26)(H,24,25). The summed E-state index contributed by atoms with van der Waals surface area (Å²) in [6.45, 7) is 5.63. The van der Waals surface area contributed by atoms with Gasteiger partial charge in [0.25, 0.3) is 5.91 Å². The van der Waals surface area contributed by atoms with Crippen LogP contribution < -0.4 is 10.6 Å². The molecule has 0 aliphatic heterocycles. The zero-order valence-electron chi connectivity index (χ0n) is 17.1. The summed E-state index contributed by atoms with van der Waals surface area (Å²) in [6.07, 6.45) is 3.20. The van der Waals surface area contributed by atoms with Crippen LogP contribution in [0.2, 0.25) is 0 Å². The van der Waals surface area contributed by atoms with Crippen molar-refractivity contribution in [3.8, 4) is 0 Å². The van der Waals surface area contributed by atoms with Gasteiger partial charge in [0.1, 0.15) is 11.1 Å². The average molecular weight is 425 g/mol. The van der Waals surface area contributed by atoms with Gasteiger partial charge < -0.3 is 15.4 Å². The van der Waals surface area contributed by atoms with Gasteiger partial charge in [-0.15, -0.1) is 11.8 Å². The molecule has 4 unspecified atom stereocenters. The van der Waals surface area contributed by atoms with Crippen molar-refractivity contribution in [1.82, 2.24) is 5.32 Å². The monoisotopic (exact) mass is 424 g/mol. The van der Waals surface area contributed by atoms with Gasteiger partial charge in [0.05, 0.1) is 5.75 Å². The summed E-state index contributed by atoms with van der Waals surface area (Å²) in [7, 11) is 0. The van der Waals surface area contributed by atoms with Gasteiger partial charge >= 0.3 is 5.97 Å². The van der Waals surface area contributed by atoms with E-state index in [1.165, 1.54) is 30.7 Å². The molecule has 1 aliphatic rings. The van der Waals surface area contributed by atoms with Gasteiger partial charge in [-0.25, -0.2) is 4.39 Å². The second-order valence-corrected chi connectivity index (χ2v) is 8.89. The maximum Gasteiger partial charge on any atom is 0.319 e. The molecule has 6 nitrogen and oxygen atoms in total. The number of carbonyl (C=O) groups is 3. The van der Waals surface area contributed by atoms with Crippen molar-refractivity contribution >= 4 is 35.2 Å². The van der Waals surface area contributed by atoms with E-state index in [-0.39, 0.29) is 36.0 Å². The van der Waals surface area contributed by atoms with E-state index in [1.54, 1.807) is 6.92 Å². The lowest BCUT2D eigenvalue weighted by atomic mass is 9.78. The summed E-state index contributed by atoms with van der Waals surface area (Å²) in [5, 5.41) is 5.00. The lowest BCUT2D eigenvalue weighted by molar-refractivity contribution is -0.148. The molecule has 2 amide bonds. The van der Waals surface area contributed by atoms with Crippen LogP contribution in [-0.4, -0.2) is 41.4 Å². The van der Waals surface area contributed by atoms with E-state index in [2.05, 4.69) is 24.5 Å². The lowest BCUT2D eigenvalue weighted by Crippen LogP contribution is -2.45. The fraction of sp³-hybridized carbons (Fsp3) is 0.571. The SMILES string of the molecule is CC(SCC(=O)Nc1ccc(F)cc1)C(=O)OCC(=O)NC1CCCC(C)C1C. The van der Waals surface area contributed by atoms with Crippen LogP contribution in [0.25, 0.3) is 0 Å². The Morgan fingerprint density at radius 2 is 1.86 bits per heavy atom. The summed E-state index contributed by atoms with van der Waals surface area (Å²) in [6, 6.07) is 5.54. The molecular weight excluding hydrogens is 395 g/mol. The Hall–Kier alpha value is -2.09. The number of hydrogen-bond acceptors (Lipinski definition) is 5. The van der Waals surface area contributed by atoms with E-state index in [4.69, 9.17) is 4.74 Å². The first-order valence-electron chi connectivity index (χ1n) is 9.89. The fourth-order valence-electron chi connectivity index (χ4n) is 3.29. The molecule has 1 aromatic carbocycles. The van der Waals surface area contributed by atoms with Gasteiger partial charge in [0.2, 0.25) is 5.91 Å². The molecule has 160 valence electrons. The van der Waals surface area contributed by atoms with Crippen molar-refractivity contribution in [3.05, 3.63) is 30.1 Å². The number of ether oxygens (including phenoxy) is 1. The molecule has 2 rings (SSSR count). The summed E-state index contributed by atoms with van der Waals surface area (Å²) >= 11 is 1.11. The molecule has 0 heterocycles. The first-order chi connectivity index (χ1) is 13.8. The Morgan fingerprint density at radius 1 is 1.17 bits per heavy atom. The molecule has 29 heavy (non-hydrogen) atoms. The number of hydrogen-bond donors (Lipinski definition) is 2. The lowest BCUT2D eigenvalue weighted by Gasteiger charge is -2.34. The summed E-state index contributed by atoms with van der Waals surface area (Å²) in [5.74, 6) is -0.520. The molecule has 0 saturated heterocycles. The number of rotatable bonds is 8. The van der Waals surface area contributed by atoms with E-state index < -0.39 is 11.2 Å². The summed E-state index contributed by atoms with van der Waals surface area (Å²) in [4.78, 5) is 36.1. The van der Waals surface area contributed by atoms with Crippen LogP contribution in [0.15, 0.2) is 24.3 Å². The van der Waals surface area contributed by atoms with Gasteiger partial charge in [-0.3, -0.25) is 14.4 Å². The van der Waals surface area contributed by atoms with Crippen molar-refractivity contribution < 1.29 is 23.5 Å². The predicted molar refractivity (Wildman–Crippen MR) is 112 cm³/mol. The van der Waals surface area contributed by atoms with Gasteiger partial charge in [-0.1, -0.05) is 26.7 Å². The number of benzene rings is 1. The first kappa shape index (κ1) is 23.2. The molecule has 0 radical (unpaired) electrons. The molecule has 0 bridgehead atoms. The van der Waals surface area contributed by atoms with Gasteiger partial charge in [-0.2, -0.15) is 0 Å². The Labute approximate surface area is 175 Å². The number of halogens is 1. The largest absolute Gasteiger partial charge is 0.455 e. The van der Waals surface area contributed by atoms with E-state index >= 15 is 0 Å². The third-order valence-electron chi connectivity index (χ3n) is 5.32. The van der Waals surface area contributed by atoms with Crippen LogP contribution in [0.4, 0.5) is 10.1 Å².